The molecule has 5 heteroatoms. The Morgan fingerprint density at radius 1 is 1.19 bits per heavy atom. The quantitative estimate of drug-likeness (QED) is 0.655. The van der Waals surface area contributed by atoms with Gasteiger partial charge in [0.2, 0.25) is 5.82 Å². The molecule has 0 saturated heterocycles. The van der Waals surface area contributed by atoms with E-state index in [1.165, 1.54) is 11.1 Å². The molecule has 1 aromatic heterocycles. The first-order chi connectivity index (χ1) is 13.1. The molecule has 27 heavy (non-hydrogen) atoms. The third-order valence-electron chi connectivity index (χ3n) is 4.61. The highest BCUT2D eigenvalue weighted by Crippen LogP contribution is 2.37. The lowest BCUT2D eigenvalue weighted by molar-refractivity contribution is 0.242. The summed E-state index contributed by atoms with van der Waals surface area (Å²) < 4.78 is 11.1. The largest absolute Gasteiger partial charge is 0.490 e. The number of nitrogens with zero attached hydrogens (tertiary/aromatic N) is 3. The Kier molecular flexibility index (Phi) is 4.25. The Bertz CT molecular complexity index is 1070. The summed E-state index contributed by atoms with van der Waals surface area (Å²) >= 11 is 0. The molecule has 0 radical (unpaired) electrons. The smallest absolute Gasteiger partial charge is 0.258 e. The molecule has 3 aromatic rings. The molecule has 0 spiro atoms. The summed E-state index contributed by atoms with van der Waals surface area (Å²) in [5.41, 5.74) is 5.65. The van der Waals surface area contributed by atoms with E-state index >= 15 is 0 Å². The first-order valence-electron chi connectivity index (χ1n) is 8.92. The fraction of sp³-hybridized carbons (Fsp3) is 0.227. The Morgan fingerprint density at radius 3 is 2.78 bits per heavy atom. The molecule has 2 aromatic carbocycles. The van der Waals surface area contributed by atoms with Crippen molar-refractivity contribution in [3.63, 3.8) is 0 Å². The molecule has 0 bridgehead atoms. The minimum atomic E-state index is -0.00659. The summed E-state index contributed by atoms with van der Waals surface area (Å²) in [4.78, 5) is 4.56. The summed E-state index contributed by atoms with van der Waals surface area (Å²) in [6.07, 6.45) is 1.89. The van der Waals surface area contributed by atoms with Crippen LogP contribution < -0.4 is 4.74 Å². The van der Waals surface area contributed by atoms with Gasteiger partial charge in [-0.15, -0.1) is 0 Å². The maximum Gasteiger partial charge on any atom is 0.258 e. The van der Waals surface area contributed by atoms with E-state index in [1.807, 2.05) is 32.0 Å². The van der Waals surface area contributed by atoms with Crippen LogP contribution in [-0.4, -0.2) is 16.2 Å². The van der Waals surface area contributed by atoms with Gasteiger partial charge in [-0.2, -0.15) is 10.2 Å². The van der Waals surface area contributed by atoms with E-state index in [0.29, 0.717) is 28.6 Å². The molecular weight excluding hydrogens is 338 g/mol. The van der Waals surface area contributed by atoms with Crippen LogP contribution in [0.2, 0.25) is 0 Å². The molecule has 0 saturated carbocycles. The van der Waals surface area contributed by atoms with E-state index in [9.17, 15) is 5.26 Å². The molecule has 1 aliphatic carbocycles. The Morgan fingerprint density at radius 2 is 2.00 bits per heavy atom. The van der Waals surface area contributed by atoms with Gasteiger partial charge in [0.1, 0.15) is 11.8 Å². The Hall–Kier alpha value is -3.39. The number of nitriles is 1. The lowest BCUT2D eigenvalue weighted by Crippen LogP contribution is -2.06. The lowest BCUT2D eigenvalue weighted by atomic mass is 10.0. The zero-order chi connectivity index (χ0) is 19.0. The number of hydrogen-bond acceptors (Lipinski definition) is 5. The minimum Gasteiger partial charge on any atom is -0.490 e. The molecule has 0 unspecified atom stereocenters. The van der Waals surface area contributed by atoms with Gasteiger partial charge >= 0.3 is 0 Å². The molecule has 1 aliphatic rings. The molecule has 1 heterocycles. The molecule has 5 nitrogen and oxygen atoms in total. The maximum absolute atomic E-state index is 9.41. The average molecular weight is 357 g/mol. The van der Waals surface area contributed by atoms with Crippen LogP contribution in [-0.2, 0) is 6.42 Å². The highest BCUT2D eigenvalue weighted by Gasteiger charge is 2.21. The van der Waals surface area contributed by atoms with Crippen molar-refractivity contribution in [1.82, 2.24) is 10.1 Å². The number of benzene rings is 2. The number of rotatable bonds is 4. The van der Waals surface area contributed by atoms with Gasteiger partial charge in [-0.1, -0.05) is 29.9 Å². The van der Waals surface area contributed by atoms with Crippen molar-refractivity contribution in [3.8, 4) is 34.7 Å². The fourth-order valence-corrected chi connectivity index (χ4v) is 3.36. The van der Waals surface area contributed by atoms with Gasteiger partial charge in [0.05, 0.1) is 11.7 Å². The predicted molar refractivity (Wildman–Crippen MR) is 103 cm³/mol. The van der Waals surface area contributed by atoms with Crippen molar-refractivity contribution in [2.24, 2.45) is 0 Å². The summed E-state index contributed by atoms with van der Waals surface area (Å²) in [6, 6.07) is 13.6. The summed E-state index contributed by atoms with van der Waals surface area (Å²) in [7, 11) is 0. The Balaban J connectivity index is 1.70. The van der Waals surface area contributed by atoms with Crippen LogP contribution in [0.4, 0.5) is 0 Å². The van der Waals surface area contributed by atoms with E-state index in [0.717, 1.165) is 24.0 Å². The van der Waals surface area contributed by atoms with Gasteiger partial charge in [0, 0.05) is 11.1 Å². The van der Waals surface area contributed by atoms with Gasteiger partial charge in [-0.25, -0.2) is 0 Å². The van der Waals surface area contributed by atoms with Crippen molar-refractivity contribution in [2.45, 2.75) is 32.8 Å². The highest BCUT2D eigenvalue weighted by atomic mass is 16.5. The topological polar surface area (TPSA) is 71.9 Å². The van der Waals surface area contributed by atoms with E-state index in [4.69, 9.17) is 9.26 Å². The van der Waals surface area contributed by atoms with E-state index in [2.05, 4.69) is 28.9 Å². The second-order valence-corrected chi connectivity index (χ2v) is 6.85. The van der Waals surface area contributed by atoms with Crippen LogP contribution >= 0.6 is 0 Å². The first kappa shape index (κ1) is 17.0. The first-order valence-corrected chi connectivity index (χ1v) is 8.92. The SMILES string of the molecule is C=C1CCc2c1cccc2-c1noc(-c2ccc(OC(C)C)c(C#N)c2)n1. The molecule has 4 rings (SSSR count). The van der Waals surface area contributed by atoms with Crippen LogP contribution in [0.5, 0.6) is 5.75 Å². The molecule has 134 valence electrons. The van der Waals surface area contributed by atoms with Crippen LogP contribution in [0.3, 0.4) is 0 Å². The average Bonchev–Trinajstić information content (AvgIpc) is 3.29. The van der Waals surface area contributed by atoms with Crippen molar-refractivity contribution < 1.29 is 9.26 Å². The summed E-state index contributed by atoms with van der Waals surface area (Å²) in [5, 5.41) is 13.6. The molecule has 0 N–H and O–H groups in total. The third-order valence-corrected chi connectivity index (χ3v) is 4.61. The molecule has 0 amide bonds. The summed E-state index contributed by atoms with van der Waals surface area (Å²) in [5.74, 6) is 1.49. The van der Waals surface area contributed by atoms with Crippen LogP contribution in [0.1, 0.15) is 37.0 Å². The zero-order valence-corrected chi connectivity index (χ0v) is 15.3. The van der Waals surface area contributed by atoms with E-state index in [1.54, 1.807) is 12.1 Å². The number of fused-ring (bicyclic) bond motifs is 1. The number of hydrogen-bond donors (Lipinski definition) is 0. The van der Waals surface area contributed by atoms with Crippen molar-refractivity contribution >= 4 is 5.57 Å². The minimum absolute atomic E-state index is 0.00659. The molecule has 0 fully saturated rings. The second-order valence-electron chi connectivity index (χ2n) is 6.85. The molecular formula is C22H19N3O2. The monoisotopic (exact) mass is 357 g/mol. The predicted octanol–water partition coefficient (Wildman–Crippen LogP) is 5.02. The molecule has 0 aliphatic heterocycles. The Labute approximate surface area is 157 Å². The zero-order valence-electron chi connectivity index (χ0n) is 15.3. The van der Waals surface area contributed by atoms with Crippen LogP contribution in [0, 0.1) is 11.3 Å². The van der Waals surface area contributed by atoms with Gasteiger partial charge in [0.25, 0.3) is 5.89 Å². The van der Waals surface area contributed by atoms with Crippen molar-refractivity contribution in [1.29, 1.82) is 5.26 Å². The van der Waals surface area contributed by atoms with Gasteiger partial charge in [-0.05, 0) is 61.6 Å². The standard InChI is InChI=1S/C22H19N3O2/c1-13(2)26-20-10-8-15(11-16(20)12-23)22-24-21(25-27-22)19-6-4-5-17-14(3)7-9-18(17)19/h4-6,8,10-11,13H,3,7,9H2,1-2H3. The van der Waals surface area contributed by atoms with Crippen molar-refractivity contribution in [2.75, 3.05) is 0 Å². The van der Waals surface area contributed by atoms with Crippen LogP contribution in [0.15, 0.2) is 47.5 Å². The second kappa shape index (κ2) is 6.73. The highest BCUT2D eigenvalue weighted by molar-refractivity contribution is 5.78. The number of ether oxygens (including phenoxy) is 1. The van der Waals surface area contributed by atoms with Crippen LogP contribution in [0.25, 0.3) is 28.4 Å². The van der Waals surface area contributed by atoms with Gasteiger partial charge in [-0.3, -0.25) is 0 Å². The lowest BCUT2D eigenvalue weighted by Gasteiger charge is -2.11. The normalized spacial score (nSPS) is 12.9. The fourth-order valence-electron chi connectivity index (χ4n) is 3.36. The van der Waals surface area contributed by atoms with Gasteiger partial charge < -0.3 is 9.26 Å². The maximum atomic E-state index is 9.41. The number of allylic oxidation sites excluding steroid dienone is 1. The van der Waals surface area contributed by atoms with Gasteiger partial charge in [0.15, 0.2) is 0 Å². The summed E-state index contributed by atoms with van der Waals surface area (Å²) in [6.45, 7) is 7.97. The van der Waals surface area contributed by atoms with Crippen molar-refractivity contribution in [3.05, 3.63) is 59.7 Å². The number of aromatic nitrogens is 2. The third kappa shape index (κ3) is 3.11. The van der Waals surface area contributed by atoms with E-state index in [-0.39, 0.29) is 6.10 Å². The molecule has 0 atom stereocenters. The van der Waals surface area contributed by atoms with E-state index < -0.39 is 0 Å².